The minimum Gasteiger partial charge on any atom is -0.361 e. The number of rotatable bonds is 2. The summed E-state index contributed by atoms with van der Waals surface area (Å²) >= 11 is 0. The fraction of sp³-hybridized carbons (Fsp3) is 0.900. The average molecular weight is 168 g/mol. The van der Waals surface area contributed by atoms with Crippen LogP contribution in [0.1, 0.15) is 40.0 Å². The molecule has 70 valence electrons. The molecule has 0 amide bonds. The lowest BCUT2D eigenvalue weighted by molar-refractivity contribution is 0.316. The van der Waals surface area contributed by atoms with Gasteiger partial charge in [-0.3, -0.25) is 5.41 Å². The second kappa shape index (κ2) is 3.46. The van der Waals surface area contributed by atoms with E-state index in [0.717, 1.165) is 25.3 Å². The van der Waals surface area contributed by atoms with Gasteiger partial charge in [0.25, 0.3) is 0 Å². The Morgan fingerprint density at radius 2 is 2.08 bits per heavy atom. The third-order valence-electron chi connectivity index (χ3n) is 2.36. The van der Waals surface area contributed by atoms with Crippen molar-refractivity contribution in [3.05, 3.63) is 0 Å². The molecule has 1 saturated heterocycles. The minimum atomic E-state index is 0.406. The van der Waals surface area contributed by atoms with E-state index in [9.17, 15) is 0 Å². The molecule has 0 aromatic carbocycles. The highest BCUT2D eigenvalue weighted by Gasteiger charge is 2.18. The van der Waals surface area contributed by atoms with E-state index in [0.29, 0.717) is 5.41 Å². The van der Waals surface area contributed by atoms with Crippen molar-refractivity contribution in [2.24, 2.45) is 5.41 Å². The normalized spacial score (nSPS) is 18.9. The maximum atomic E-state index is 7.64. The van der Waals surface area contributed by atoms with E-state index in [1.165, 1.54) is 12.8 Å². The van der Waals surface area contributed by atoms with Crippen molar-refractivity contribution in [1.29, 1.82) is 5.41 Å². The van der Waals surface area contributed by atoms with E-state index in [4.69, 9.17) is 5.41 Å². The van der Waals surface area contributed by atoms with Crippen LogP contribution in [0.5, 0.6) is 0 Å². The Hall–Kier alpha value is -0.530. The molecule has 1 fully saturated rings. The van der Waals surface area contributed by atoms with Crippen LogP contribution in [-0.4, -0.2) is 23.8 Å². The standard InChI is InChI=1S/C10H20N2/c1-10(2,3)6-8-12-7-4-5-9(12)11/h11H,4-8H2,1-3H3. The van der Waals surface area contributed by atoms with Crippen molar-refractivity contribution in [2.45, 2.75) is 40.0 Å². The molecule has 1 heterocycles. The summed E-state index contributed by atoms with van der Waals surface area (Å²) in [5.74, 6) is 0.847. The van der Waals surface area contributed by atoms with Crippen molar-refractivity contribution in [3.63, 3.8) is 0 Å². The van der Waals surface area contributed by atoms with Crippen LogP contribution in [0.2, 0.25) is 0 Å². The SMILES string of the molecule is CC(C)(C)CCN1CCCC1=N. The highest BCUT2D eigenvalue weighted by atomic mass is 15.2. The fourth-order valence-corrected chi connectivity index (χ4v) is 1.45. The summed E-state index contributed by atoms with van der Waals surface area (Å²) in [5, 5.41) is 7.64. The number of nitrogens with one attached hydrogen (secondary N) is 1. The summed E-state index contributed by atoms with van der Waals surface area (Å²) < 4.78 is 0. The Kier molecular flexibility index (Phi) is 2.76. The van der Waals surface area contributed by atoms with Gasteiger partial charge in [0.05, 0.1) is 5.84 Å². The van der Waals surface area contributed by atoms with Gasteiger partial charge in [-0.2, -0.15) is 0 Å². The molecule has 0 radical (unpaired) electrons. The molecule has 2 heteroatoms. The maximum absolute atomic E-state index is 7.64. The van der Waals surface area contributed by atoms with Crippen LogP contribution < -0.4 is 0 Å². The molecule has 0 bridgehead atoms. The van der Waals surface area contributed by atoms with Gasteiger partial charge < -0.3 is 4.90 Å². The van der Waals surface area contributed by atoms with Crippen molar-refractivity contribution < 1.29 is 0 Å². The van der Waals surface area contributed by atoms with Crippen LogP contribution in [0, 0.1) is 10.8 Å². The molecule has 0 aliphatic carbocycles. The molecule has 0 unspecified atom stereocenters. The quantitative estimate of drug-likeness (QED) is 0.674. The fourth-order valence-electron chi connectivity index (χ4n) is 1.45. The predicted molar refractivity (Wildman–Crippen MR) is 52.6 cm³/mol. The van der Waals surface area contributed by atoms with E-state index < -0.39 is 0 Å². The van der Waals surface area contributed by atoms with E-state index in [1.54, 1.807) is 0 Å². The second-order valence-electron chi connectivity index (χ2n) is 4.85. The van der Waals surface area contributed by atoms with Crippen molar-refractivity contribution in [1.82, 2.24) is 4.90 Å². The van der Waals surface area contributed by atoms with Gasteiger partial charge in [0.1, 0.15) is 0 Å². The first-order chi connectivity index (χ1) is 5.49. The van der Waals surface area contributed by atoms with Gasteiger partial charge in [0, 0.05) is 19.5 Å². The Labute approximate surface area is 75.5 Å². The topological polar surface area (TPSA) is 27.1 Å². The van der Waals surface area contributed by atoms with Crippen LogP contribution in [-0.2, 0) is 0 Å². The highest BCUT2D eigenvalue weighted by Crippen LogP contribution is 2.20. The zero-order valence-corrected chi connectivity index (χ0v) is 8.48. The smallest absolute Gasteiger partial charge is 0.0958 e. The Balaban J connectivity index is 2.27. The third-order valence-corrected chi connectivity index (χ3v) is 2.36. The van der Waals surface area contributed by atoms with Crippen molar-refractivity contribution in [3.8, 4) is 0 Å². The monoisotopic (exact) mass is 168 g/mol. The predicted octanol–water partition coefficient (Wildman–Crippen LogP) is 2.50. The maximum Gasteiger partial charge on any atom is 0.0958 e. The van der Waals surface area contributed by atoms with E-state index in [2.05, 4.69) is 25.7 Å². The molecule has 0 atom stereocenters. The lowest BCUT2D eigenvalue weighted by Crippen LogP contribution is -2.27. The molecule has 1 rings (SSSR count). The third kappa shape index (κ3) is 2.84. The van der Waals surface area contributed by atoms with Crippen LogP contribution in [0.15, 0.2) is 0 Å². The molecule has 2 nitrogen and oxygen atoms in total. The van der Waals surface area contributed by atoms with E-state index in [-0.39, 0.29) is 0 Å². The Morgan fingerprint density at radius 3 is 2.50 bits per heavy atom. The minimum absolute atomic E-state index is 0.406. The Bertz CT molecular complexity index is 167. The zero-order valence-electron chi connectivity index (χ0n) is 8.48. The molecule has 0 aromatic heterocycles. The number of amidine groups is 1. The molecule has 1 aliphatic rings. The summed E-state index contributed by atoms with van der Waals surface area (Å²) in [4.78, 5) is 2.21. The van der Waals surface area contributed by atoms with Gasteiger partial charge >= 0.3 is 0 Å². The van der Waals surface area contributed by atoms with E-state index >= 15 is 0 Å². The van der Waals surface area contributed by atoms with Crippen molar-refractivity contribution >= 4 is 5.84 Å². The van der Waals surface area contributed by atoms with E-state index in [1.807, 2.05) is 0 Å². The van der Waals surface area contributed by atoms with Gasteiger partial charge in [0.2, 0.25) is 0 Å². The van der Waals surface area contributed by atoms with Gasteiger partial charge in [0.15, 0.2) is 0 Å². The average Bonchev–Trinajstić information content (AvgIpc) is 2.29. The zero-order chi connectivity index (χ0) is 9.19. The first-order valence-electron chi connectivity index (χ1n) is 4.81. The lowest BCUT2D eigenvalue weighted by atomic mass is 9.92. The summed E-state index contributed by atoms with van der Waals surface area (Å²) in [6, 6.07) is 0. The molecule has 12 heavy (non-hydrogen) atoms. The first-order valence-corrected chi connectivity index (χ1v) is 4.81. The second-order valence-corrected chi connectivity index (χ2v) is 4.85. The van der Waals surface area contributed by atoms with Crippen LogP contribution in [0.25, 0.3) is 0 Å². The van der Waals surface area contributed by atoms with Gasteiger partial charge in [-0.25, -0.2) is 0 Å². The number of likely N-dealkylation sites (tertiary alicyclic amines) is 1. The molecular formula is C10H20N2. The van der Waals surface area contributed by atoms with Crippen molar-refractivity contribution in [2.75, 3.05) is 13.1 Å². The summed E-state index contributed by atoms with van der Waals surface area (Å²) in [6.45, 7) is 8.95. The van der Waals surface area contributed by atoms with Crippen LogP contribution in [0.3, 0.4) is 0 Å². The van der Waals surface area contributed by atoms with Gasteiger partial charge in [-0.05, 0) is 18.3 Å². The molecule has 0 saturated carbocycles. The van der Waals surface area contributed by atoms with Gasteiger partial charge in [-0.15, -0.1) is 0 Å². The first kappa shape index (κ1) is 9.56. The molecule has 0 aromatic rings. The summed E-state index contributed by atoms with van der Waals surface area (Å²) in [5.41, 5.74) is 0.406. The number of nitrogens with zero attached hydrogens (tertiary/aromatic N) is 1. The summed E-state index contributed by atoms with van der Waals surface area (Å²) in [7, 11) is 0. The van der Waals surface area contributed by atoms with Crippen LogP contribution in [0.4, 0.5) is 0 Å². The number of hydrogen-bond acceptors (Lipinski definition) is 1. The number of hydrogen-bond donors (Lipinski definition) is 1. The molecule has 1 aliphatic heterocycles. The Morgan fingerprint density at radius 1 is 1.42 bits per heavy atom. The molecular weight excluding hydrogens is 148 g/mol. The highest BCUT2D eigenvalue weighted by molar-refractivity contribution is 5.80. The molecule has 0 spiro atoms. The molecule has 1 N–H and O–H groups in total. The van der Waals surface area contributed by atoms with Crippen LogP contribution >= 0.6 is 0 Å². The largest absolute Gasteiger partial charge is 0.361 e. The lowest BCUT2D eigenvalue weighted by Gasteiger charge is -2.24. The summed E-state index contributed by atoms with van der Waals surface area (Å²) in [6.07, 6.45) is 3.36. The van der Waals surface area contributed by atoms with Gasteiger partial charge in [-0.1, -0.05) is 20.8 Å².